The number of hydrogen-bond acceptors (Lipinski definition) is 3. The normalized spacial score (nSPS) is 11.6. The first-order chi connectivity index (χ1) is 21.8. The Bertz CT molecular complexity index is 2490. The van der Waals surface area contributed by atoms with Gasteiger partial charge in [-0.25, -0.2) is 9.97 Å². The van der Waals surface area contributed by atoms with E-state index in [0.29, 0.717) is 0 Å². The van der Waals surface area contributed by atoms with Gasteiger partial charge in [-0.15, -0.1) is 11.3 Å². The van der Waals surface area contributed by atoms with Crippen molar-refractivity contribution in [2.24, 2.45) is 0 Å². The number of nitrogens with zero attached hydrogens (tertiary/aromatic N) is 3. The SMILES string of the molecule is c1ccc(-c2ccc3c(c2)c2cc(-c4cccc(-c5ncnc6c5sc5ccccc56)c4)ccc2n3-c2ccccc2)cc1. The van der Waals surface area contributed by atoms with Crippen LogP contribution in [0.4, 0.5) is 0 Å². The summed E-state index contributed by atoms with van der Waals surface area (Å²) in [5.74, 6) is 0. The largest absolute Gasteiger partial charge is 0.309 e. The zero-order chi connectivity index (χ0) is 29.0. The van der Waals surface area contributed by atoms with E-state index in [1.807, 2.05) is 0 Å². The molecule has 0 aliphatic rings. The number of para-hydroxylation sites is 1. The maximum Gasteiger partial charge on any atom is 0.116 e. The lowest BCUT2D eigenvalue weighted by atomic mass is 9.98. The Morgan fingerprint density at radius 2 is 1.07 bits per heavy atom. The molecular formula is C40H25N3S. The number of rotatable bonds is 4. The molecule has 0 bridgehead atoms. The van der Waals surface area contributed by atoms with E-state index in [1.54, 1.807) is 17.7 Å². The van der Waals surface area contributed by atoms with Crippen LogP contribution in [0.1, 0.15) is 0 Å². The van der Waals surface area contributed by atoms with Crippen LogP contribution in [0.15, 0.2) is 152 Å². The minimum atomic E-state index is 0.979. The molecular weight excluding hydrogens is 555 g/mol. The van der Waals surface area contributed by atoms with Crippen LogP contribution in [0.2, 0.25) is 0 Å². The minimum Gasteiger partial charge on any atom is -0.309 e. The van der Waals surface area contributed by atoms with E-state index in [4.69, 9.17) is 4.98 Å². The number of thiophene rings is 1. The highest BCUT2D eigenvalue weighted by Gasteiger charge is 2.16. The van der Waals surface area contributed by atoms with E-state index in [2.05, 4.69) is 155 Å². The quantitative estimate of drug-likeness (QED) is 0.208. The van der Waals surface area contributed by atoms with Gasteiger partial charge in [-0.05, 0) is 70.8 Å². The summed E-state index contributed by atoms with van der Waals surface area (Å²) in [7, 11) is 0. The van der Waals surface area contributed by atoms with Crippen molar-refractivity contribution < 1.29 is 0 Å². The first-order valence-corrected chi connectivity index (χ1v) is 15.6. The maximum atomic E-state index is 4.77. The average Bonchev–Trinajstić information content (AvgIpc) is 3.64. The van der Waals surface area contributed by atoms with Crippen molar-refractivity contribution in [3.05, 3.63) is 152 Å². The van der Waals surface area contributed by atoms with Crippen molar-refractivity contribution in [1.82, 2.24) is 14.5 Å². The lowest BCUT2D eigenvalue weighted by Crippen LogP contribution is -1.93. The Morgan fingerprint density at radius 3 is 1.84 bits per heavy atom. The topological polar surface area (TPSA) is 30.7 Å². The fraction of sp³-hybridized carbons (Fsp3) is 0. The molecule has 206 valence electrons. The highest BCUT2D eigenvalue weighted by molar-refractivity contribution is 7.26. The zero-order valence-corrected chi connectivity index (χ0v) is 24.5. The highest BCUT2D eigenvalue weighted by atomic mass is 32.1. The Hall–Kier alpha value is -5.58. The van der Waals surface area contributed by atoms with Crippen LogP contribution in [-0.4, -0.2) is 14.5 Å². The van der Waals surface area contributed by atoms with Crippen molar-refractivity contribution in [3.8, 4) is 39.2 Å². The molecule has 0 aliphatic heterocycles. The molecule has 0 radical (unpaired) electrons. The predicted molar refractivity (Wildman–Crippen MR) is 186 cm³/mol. The molecule has 3 aromatic heterocycles. The number of hydrogen-bond donors (Lipinski definition) is 0. The minimum absolute atomic E-state index is 0.979. The number of benzene rings is 6. The molecule has 0 saturated carbocycles. The van der Waals surface area contributed by atoms with Gasteiger partial charge in [-0.2, -0.15) is 0 Å². The molecule has 44 heavy (non-hydrogen) atoms. The van der Waals surface area contributed by atoms with Crippen LogP contribution in [-0.2, 0) is 0 Å². The van der Waals surface area contributed by atoms with E-state index in [-0.39, 0.29) is 0 Å². The highest BCUT2D eigenvalue weighted by Crippen LogP contribution is 2.40. The van der Waals surface area contributed by atoms with E-state index < -0.39 is 0 Å². The fourth-order valence-corrected chi connectivity index (χ4v) is 7.61. The maximum absolute atomic E-state index is 4.77. The smallest absolute Gasteiger partial charge is 0.116 e. The summed E-state index contributed by atoms with van der Waals surface area (Å²) in [6, 6.07) is 52.1. The number of fused-ring (bicyclic) bond motifs is 6. The van der Waals surface area contributed by atoms with Gasteiger partial charge in [0.05, 0.1) is 26.9 Å². The van der Waals surface area contributed by atoms with Gasteiger partial charge in [0.2, 0.25) is 0 Å². The molecule has 0 N–H and O–H groups in total. The van der Waals surface area contributed by atoms with E-state index in [9.17, 15) is 0 Å². The molecule has 6 aromatic carbocycles. The Balaban J connectivity index is 1.24. The molecule has 3 nitrogen and oxygen atoms in total. The van der Waals surface area contributed by atoms with Gasteiger partial charge >= 0.3 is 0 Å². The fourth-order valence-electron chi connectivity index (χ4n) is 6.44. The average molecular weight is 580 g/mol. The first-order valence-electron chi connectivity index (χ1n) is 14.7. The van der Waals surface area contributed by atoms with Gasteiger partial charge in [0.1, 0.15) is 6.33 Å². The van der Waals surface area contributed by atoms with Gasteiger partial charge in [0.25, 0.3) is 0 Å². The molecule has 9 rings (SSSR count). The van der Waals surface area contributed by atoms with Gasteiger partial charge in [0, 0.05) is 32.1 Å². The second-order valence-electron chi connectivity index (χ2n) is 11.1. The summed E-state index contributed by atoms with van der Waals surface area (Å²) in [6.45, 7) is 0. The standard InChI is InChI=1S/C40H25N3S/c1-3-10-26(11-4-1)28-18-20-35-33(23-28)34-24-29(19-21-36(34)43(35)31-14-5-2-6-15-31)27-12-9-13-30(22-27)38-40-39(42-25-41-38)32-16-7-8-17-37(32)44-40/h1-25H. The molecule has 0 unspecified atom stereocenters. The summed E-state index contributed by atoms with van der Waals surface area (Å²) in [4.78, 5) is 9.42. The monoisotopic (exact) mass is 579 g/mol. The predicted octanol–water partition coefficient (Wildman–Crippen LogP) is 10.9. The van der Waals surface area contributed by atoms with Crippen LogP contribution < -0.4 is 0 Å². The van der Waals surface area contributed by atoms with Crippen molar-refractivity contribution in [3.63, 3.8) is 0 Å². The lowest BCUT2D eigenvalue weighted by molar-refractivity contribution is 1.18. The van der Waals surface area contributed by atoms with E-state index in [1.165, 1.54) is 48.6 Å². The van der Waals surface area contributed by atoms with Crippen LogP contribution in [0.5, 0.6) is 0 Å². The molecule has 3 heterocycles. The van der Waals surface area contributed by atoms with Crippen molar-refractivity contribution in [1.29, 1.82) is 0 Å². The van der Waals surface area contributed by atoms with Gasteiger partial charge in [-0.1, -0.05) is 97.1 Å². The Labute approximate surface area is 258 Å². The third-order valence-electron chi connectivity index (χ3n) is 8.51. The molecule has 9 aromatic rings. The lowest BCUT2D eigenvalue weighted by Gasteiger charge is -2.09. The van der Waals surface area contributed by atoms with Crippen LogP contribution in [0.3, 0.4) is 0 Å². The number of aromatic nitrogens is 3. The van der Waals surface area contributed by atoms with Crippen LogP contribution in [0, 0.1) is 0 Å². The van der Waals surface area contributed by atoms with Crippen LogP contribution in [0.25, 0.3) is 81.3 Å². The van der Waals surface area contributed by atoms with Crippen molar-refractivity contribution in [2.75, 3.05) is 0 Å². The molecule has 0 atom stereocenters. The Morgan fingerprint density at radius 1 is 0.455 bits per heavy atom. The summed E-state index contributed by atoms with van der Waals surface area (Å²) >= 11 is 1.76. The summed E-state index contributed by atoms with van der Waals surface area (Å²) in [5.41, 5.74) is 11.4. The summed E-state index contributed by atoms with van der Waals surface area (Å²) in [5, 5.41) is 3.66. The third kappa shape index (κ3) is 3.96. The molecule has 4 heteroatoms. The zero-order valence-electron chi connectivity index (χ0n) is 23.7. The van der Waals surface area contributed by atoms with Gasteiger partial charge in [-0.3, -0.25) is 0 Å². The Kier molecular flexibility index (Phi) is 5.68. The van der Waals surface area contributed by atoms with Crippen LogP contribution >= 0.6 is 11.3 Å². The summed E-state index contributed by atoms with van der Waals surface area (Å²) in [6.07, 6.45) is 1.69. The second-order valence-corrected chi connectivity index (χ2v) is 12.1. The van der Waals surface area contributed by atoms with Crippen molar-refractivity contribution in [2.45, 2.75) is 0 Å². The van der Waals surface area contributed by atoms with Crippen molar-refractivity contribution >= 4 is 53.4 Å². The molecule has 0 spiro atoms. The molecule has 0 aliphatic carbocycles. The molecule has 0 fully saturated rings. The third-order valence-corrected chi connectivity index (χ3v) is 9.68. The van der Waals surface area contributed by atoms with Gasteiger partial charge < -0.3 is 4.57 Å². The van der Waals surface area contributed by atoms with E-state index in [0.717, 1.165) is 32.7 Å². The molecule has 0 amide bonds. The molecule has 0 saturated heterocycles. The summed E-state index contributed by atoms with van der Waals surface area (Å²) < 4.78 is 4.73. The van der Waals surface area contributed by atoms with Gasteiger partial charge in [0.15, 0.2) is 0 Å². The first kappa shape index (κ1) is 25.0. The van der Waals surface area contributed by atoms with E-state index >= 15 is 0 Å². The second kappa shape index (κ2) is 10.0.